The van der Waals surface area contributed by atoms with Crippen LogP contribution in [-0.2, 0) is 12.6 Å². The molecule has 80 valence electrons. The standard InChI is InChI=1S/C7H9F3N2O2/c1-13-6-5(7(8,9)10)14-4(12-6)2-3-11/h2-3,11H2,1H3. The zero-order valence-corrected chi connectivity index (χ0v) is 7.39. The number of nitrogens with two attached hydrogens (primary N) is 1. The number of hydrogen-bond donors (Lipinski definition) is 1. The van der Waals surface area contributed by atoms with E-state index in [1.54, 1.807) is 0 Å². The number of rotatable bonds is 3. The van der Waals surface area contributed by atoms with Crippen molar-refractivity contribution in [3.63, 3.8) is 0 Å². The topological polar surface area (TPSA) is 61.3 Å². The number of hydrogen-bond acceptors (Lipinski definition) is 4. The van der Waals surface area contributed by atoms with E-state index in [4.69, 9.17) is 5.73 Å². The molecule has 0 amide bonds. The SMILES string of the molecule is COc1nc(CCN)oc1C(F)(F)F. The molecule has 0 radical (unpaired) electrons. The minimum absolute atomic E-state index is 0.0725. The first-order valence-corrected chi connectivity index (χ1v) is 3.80. The molecular formula is C7H9F3N2O2. The minimum atomic E-state index is -4.59. The molecule has 0 saturated carbocycles. The van der Waals surface area contributed by atoms with Crippen LogP contribution in [0.25, 0.3) is 0 Å². The van der Waals surface area contributed by atoms with Gasteiger partial charge in [0.1, 0.15) is 0 Å². The van der Waals surface area contributed by atoms with Gasteiger partial charge in [0.2, 0.25) is 0 Å². The Labute approximate surface area is 77.9 Å². The lowest BCUT2D eigenvalue weighted by molar-refractivity contribution is -0.154. The Morgan fingerprint density at radius 3 is 2.50 bits per heavy atom. The van der Waals surface area contributed by atoms with Gasteiger partial charge >= 0.3 is 6.18 Å². The second-order valence-electron chi connectivity index (χ2n) is 2.48. The molecule has 0 unspecified atom stereocenters. The van der Waals surface area contributed by atoms with Crippen molar-refractivity contribution >= 4 is 0 Å². The molecule has 7 heteroatoms. The van der Waals surface area contributed by atoms with Gasteiger partial charge in [0.15, 0.2) is 5.89 Å². The molecule has 0 aliphatic heterocycles. The monoisotopic (exact) mass is 210 g/mol. The van der Waals surface area contributed by atoms with Crippen molar-refractivity contribution in [2.24, 2.45) is 5.73 Å². The number of alkyl halides is 3. The van der Waals surface area contributed by atoms with Crippen LogP contribution in [0.15, 0.2) is 4.42 Å². The van der Waals surface area contributed by atoms with E-state index in [0.29, 0.717) is 0 Å². The lowest BCUT2D eigenvalue weighted by Gasteiger charge is -2.02. The molecule has 0 aromatic carbocycles. The summed E-state index contributed by atoms with van der Waals surface area (Å²) in [6.45, 7) is 0.168. The molecule has 1 rings (SSSR count). The van der Waals surface area contributed by atoms with Gasteiger partial charge in [0, 0.05) is 13.0 Å². The maximum atomic E-state index is 12.2. The number of ether oxygens (including phenoxy) is 1. The molecule has 0 fully saturated rings. The molecule has 2 N–H and O–H groups in total. The van der Waals surface area contributed by atoms with Gasteiger partial charge in [-0.3, -0.25) is 0 Å². The van der Waals surface area contributed by atoms with E-state index in [9.17, 15) is 13.2 Å². The summed E-state index contributed by atoms with van der Waals surface area (Å²) < 4.78 is 45.6. The number of halogens is 3. The molecule has 1 heterocycles. The Morgan fingerprint density at radius 2 is 2.14 bits per heavy atom. The molecule has 14 heavy (non-hydrogen) atoms. The highest BCUT2D eigenvalue weighted by atomic mass is 19.4. The van der Waals surface area contributed by atoms with Crippen molar-refractivity contribution in [2.45, 2.75) is 12.6 Å². The van der Waals surface area contributed by atoms with Crippen LogP contribution in [0.4, 0.5) is 13.2 Å². The quantitative estimate of drug-likeness (QED) is 0.814. The smallest absolute Gasteiger partial charge is 0.455 e. The van der Waals surface area contributed by atoms with Gasteiger partial charge in [-0.1, -0.05) is 0 Å². The van der Waals surface area contributed by atoms with Crippen molar-refractivity contribution in [3.05, 3.63) is 11.7 Å². The normalized spacial score (nSPS) is 11.8. The lowest BCUT2D eigenvalue weighted by atomic mass is 10.4. The third-order valence-electron chi connectivity index (χ3n) is 1.45. The van der Waals surface area contributed by atoms with Crippen molar-refractivity contribution in [1.82, 2.24) is 4.98 Å². The summed E-state index contributed by atoms with van der Waals surface area (Å²) in [6, 6.07) is 0. The van der Waals surface area contributed by atoms with Crippen molar-refractivity contribution < 1.29 is 22.3 Å². The Kier molecular flexibility index (Phi) is 3.00. The van der Waals surface area contributed by atoms with Crippen LogP contribution in [-0.4, -0.2) is 18.6 Å². The van der Waals surface area contributed by atoms with Gasteiger partial charge in [-0.25, -0.2) is 0 Å². The Morgan fingerprint density at radius 1 is 1.50 bits per heavy atom. The van der Waals surface area contributed by atoms with Gasteiger partial charge in [-0.15, -0.1) is 0 Å². The molecule has 0 spiro atoms. The van der Waals surface area contributed by atoms with Gasteiger partial charge < -0.3 is 14.9 Å². The molecule has 4 nitrogen and oxygen atoms in total. The Hall–Kier alpha value is -1.24. The van der Waals surface area contributed by atoms with Crippen LogP contribution in [0.2, 0.25) is 0 Å². The average molecular weight is 210 g/mol. The van der Waals surface area contributed by atoms with E-state index in [2.05, 4.69) is 14.1 Å². The van der Waals surface area contributed by atoms with Crippen LogP contribution >= 0.6 is 0 Å². The zero-order chi connectivity index (χ0) is 10.8. The number of methoxy groups -OCH3 is 1. The highest BCUT2D eigenvalue weighted by Crippen LogP contribution is 2.36. The summed E-state index contributed by atoms with van der Waals surface area (Å²) in [4.78, 5) is 3.50. The summed E-state index contributed by atoms with van der Waals surface area (Å²) in [5.74, 6) is -1.85. The fourth-order valence-corrected chi connectivity index (χ4v) is 0.896. The summed E-state index contributed by atoms with van der Waals surface area (Å²) in [6.07, 6.45) is -4.45. The Bertz CT molecular complexity index is 308. The highest BCUT2D eigenvalue weighted by Gasteiger charge is 2.40. The van der Waals surface area contributed by atoms with Crippen molar-refractivity contribution in [3.8, 4) is 5.88 Å². The minimum Gasteiger partial charge on any atom is -0.478 e. The van der Waals surface area contributed by atoms with E-state index >= 15 is 0 Å². The van der Waals surface area contributed by atoms with Crippen LogP contribution in [0.1, 0.15) is 11.7 Å². The molecule has 1 aromatic heterocycles. The van der Waals surface area contributed by atoms with Crippen LogP contribution < -0.4 is 10.5 Å². The first kappa shape index (κ1) is 10.8. The molecular weight excluding hydrogens is 201 g/mol. The van der Waals surface area contributed by atoms with Gasteiger partial charge in [-0.2, -0.15) is 18.2 Å². The van der Waals surface area contributed by atoms with Crippen LogP contribution in [0.5, 0.6) is 5.88 Å². The van der Waals surface area contributed by atoms with Gasteiger partial charge in [0.25, 0.3) is 11.6 Å². The summed E-state index contributed by atoms with van der Waals surface area (Å²) >= 11 is 0. The number of nitrogens with zero attached hydrogens (tertiary/aromatic N) is 1. The largest absolute Gasteiger partial charge is 0.478 e. The van der Waals surface area contributed by atoms with Crippen molar-refractivity contribution in [2.75, 3.05) is 13.7 Å². The van der Waals surface area contributed by atoms with Crippen LogP contribution in [0.3, 0.4) is 0 Å². The summed E-state index contributed by atoms with van der Waals surface area (Å²) in [5, 5.41) is 0. The number of oxazole rings is 1. The van der Waals surface area contributed by atoms with Crippen LogP contribution in [0, 0.1) is 0 Å². The van der Waals surface area contributed by atoms with E-state index in [1.165, 1.54) is 0 Å². The van der Waals surface area contributed by atoms with E-state index in [-0.39, 0.29) is 18.9 Å². The summed E-state index contributed by atoms with van der Waals surface area (Å²) in [5.41, 5.74) is 5.15. The maximum absolute atomic E-state index is 12.2. The second kappa shape index (κ2) is 3.87. The third-order valence-corrected chi connectivity index (χ3v) is 1.45. The van der Waals surface area contributed by atoms with E-state index in [1.807, 2.05) is 0 Å². The molecule has 0 atom stereocenters. The van der Waals surface area contributed by atoms with E-state index < -0.39 is 17.8 Å². The molecule has 0 bridgehead atoms. The summed E-state index contributed by atoms with van der Waals surface area (Å²) in [7, 11) is 1.10. The first-order valence-electron chi connectivity index (χ1n) is 3.80. The molecule has 0 aliphatic carbocycles. The first-order chi connectivity index (χ1) is 6.49. The fraction of sp³-hybridized carbons (Fsp3) is 0.571. The second-order valence-corrected chi connectivity index (χ2v) is 2.48. The van der Waals surface area contributed by atoms with E-state index in [0.717, 1.165) is 7.11 Å². The average Bonchev–Trinajstić information content (AvgIpc) is 2.47. The molecule has 0 saturated heterocycles. The Balaban J connectivity index is 3.02. The maximum Gasteiger partial charge on any atom is 0.455 e. The lowest BCUT2D eigenvalue weighted by Crippen LogP contribution is -2.05. The van der Waals surface area contributed by atoms with Crippen molar-refractivity contribution in [1.29, 1.82) is 0 Å². The number of aromatic nitrogens is 1. The molecule has 0 aliphatic rings. The highest BCUT2D eigenvalue weighted by molar-refractivity contribution is 5.19. The molecule has 1 aromatic rings. The fourth-order valence-electron chi connectivity index (χ4n) is 0.896. The predicted octanol–water partition coefficient (Wildman–Crippen LogP) is 1.20. The predicted molar refractivity (Wildman–Crippen MR) is 40.8 cm³/mol. The third kappa shape index (κ3) is 2.16. The zero-order valence-electron chi connectivity index (χ0n) is 7.39. The van der Waals surface area contributed by atoms with Gasteiger partial charge in [0.05, 0.1) is 7.11 Å². The van der Waals surface area contributed by atoms with Gasteiger partial charge in [-0.05, 0) is 0 Å².